The van der Waals surface area contributed by atoms with E-state index in [2.05, 4.69) is 10.5 Å². The molecule has 3 rings (SSSR count). The van der Waals surface area contributed by atoms with Crippen LogP contribution >= 0.6 is 34.7 Å². The summed E-state index contributed by atoms with van der Waals surface area (Å²) in [6.07, 6.45) is 1.59. The molecule has 3 nitrogen and oxygen atoms in total. The number of amides is 1. The average Bonchev–Trinajstić information content (AvgIpc) is 3.04. The number of benzene rings is 2. The van der Waals surface area contributed by atoms with Gasteiger partial charge in [-0.15, -0.1) is 23.1 Å². The van der Waals surface area contributed by atoms with E-state index in [1.54, 1.807) is 18.0 Å². The van der Waals surface area contributed by atoms with Crippen LogP contribution in [0.4, 0.5) is 0 Å². The molecule has 0 aliphatic carbocycles. The zero-order valence-corrected chi connectivity index (χ0v) is 16.3. The summed E-state index contributed by atoms with van der Waals surface area (Å²) in [5.41, 5.74) is 5.66. The summed E-state index contributed by atoms with van der Waals surface area (Å²) in [5, 5.41) is 4.02. The predicted octanol–water partition coefficient (Wildman–Crippen LogP) is 5.45. The lowest BCUT2D eigenvalue weighted by molar-refractivity contribution is -0.118. The average molecular weight is 401 g/mol. The lowest BCUT2D eigenvalue weighted by Crippen LogP contribution is -2.19. The van der Waals surface area contributed by atoms with Crippen LogP contribution < -0.4 is 5.43 Å². The van der Waals surface area contributed by atoms with Gasteiger partial charge in [0.1, 0.15) is 4.34 Å². The number of hydrazone groups is 1. The molecule has 0 fully saturated rings. The molecule has 0 bridgehead atoms. The fourth-order valence-electron chi connectivity index (χ4n) is 2.26. The molecule has 0 spiro atoms. The molecule has 1 aromatic heterocycles. The molecule has 0 saturated heterocycles. The van der Waals surface area contributed by atoms with Gasteiger partial charge >= 0.3 is 0 Å². The van der Waals surface area contributed by atoms with Crippen molar-refractivity contribution in [2.75, 3.05) is 5.75 Å². The highest BCUT2D eigenvalue weighted by atomic mass is 35.5. The molecule has 0 unspecified atom stereocenters. The first-order chi connectivity index (χ1) is 12.7. The Morgan fingerprint density at radius 2 is 1.81 bits per heavy atom. The van der Waals surface area contributed by atoms with Crippen molar-refractivity contribution in [2.45, 2.75) is 5.75 Å². The van der Waals surface area contributed by atoms with E-state index in [1.165, 1.54) is 16.9 Å². The number of nitrogens with zero attached hydrogens (tertiary/aromatic N) is 1. The second kappa shape index (κ2) is 9.57. The number of hydrogen-bond acceptors (Lipinski definition) is 4. The van der Waals surface area contributed by atoms with Crippen LogP contribution in [-0.4, -0.2) is 17.9 Å². The number of rotatable bonds is 7. The van der Waals surface area contributed by atoms with E-state index in [4.69, 9.17) is 11.6 Å². The Morgan fingerprint density at radius 1 is 1.12 bits per heavy atom. The van der Waals surface area contributed by atoms with Crippen molar-refractivity contribution in [2.24, 2.45) is 5.10 Å². The van der Waals surface area contributed by atoms with Crippen molar-refractivity contribution in [1.82, 2.24) is 5.43 Å². The lowest BCUT2D eigenvalue weighted by atomic mass is 10.2. The summed E-state index contributed by atoms with van der Waals surface area (Å²) in [6.45, 7) is 0. The van der Waals surface area contributed by atoms with Crippen LogP contribution in [0.15, 0.2) is 71.8 Å². The minimum absolute atomic E-state index is 0.128. The number of carbonyl (C=O) groups excluding carboxylic acids is 1. The second-order valence-corrected chi connectivity index (χ2v) is 8.12. The van der Waals surface area contributed by atoms with Crippen LogP contribution in [0.2, 0.25) is 4.34 Å². The van der Waals surface area contributed by atoms with Gasteiger partial charge in [0.15, 0.2) is 0 Å². The predicted molar refractivity (Wildman–Crippen MR) is 113 cm³/mol. The van der Waals surface area contributed by atoms with Gasteiger partial charge in [0, 0.05) is 16.2 Å². The summed E-state index contributed by atoms with van der Waals surface area (Å²) < 4.78 is 0.653. The summed E-state index contributed by atoms with van der Waals surface area (Å²) >= 11 is 9.32. The second-order valence-electron chi connectivity index (χ2n) is 5.48. The Morgan fingerprint density at radius 3 is 2.54 bits per heavy atom. The zero-order chi connectivity index (χ0) is 18.2. The smallest absolute Gasteiger partial charge is 0.250 e. The third-order valence-electron chi connectivity index (χ3n) is 3.51. The van der Waals surface area contributed by atoms with Crippen LogP contribution in [0.3, 0.4) is 0 Å². The van der Waals surface area contributed by atoms with Crippen molar-refractivity contribution in [3.8, 4) is 10.4 Å². The number of halogens is 1. The van der Waals surface area contributed by atoms with E-state index < -0.39 is 0 Å². The number of carbonyl (C=O) groups is 1. The first-order valence-corrected chi connectivity index (χ1v) is 10.4. The maximum atomic E-state index is 11.9. The Hall–Kier alpha value is -2.08. The van der Waals surface area contributed by atoms with Gasteiger partial charge in [-0.1, -0.05) is 72.3 Å². The van der Waals surface area contributed by atoms with E-state index in [0.717, 1.165) is 21.8 Å². The molecular formula is C20H17ClN2OS2. The highest BCUT2D eigenvalue weighted by Gasteiger charge is 2.07. The van der Waals surface area contributed by atoms with Crippen LogP contribution in [0.1, 0.15) is 11.1 Å². The number of hydrogen-bond donors (Lipinski definition) is 1. The van der Waals surface area contributed by atoms with Crippen molar-refractivity contribution < 1.29 is 4.79 Å². The van der Waals surface area contributed by atoms with Gasteiger partial charge in [-0.05, 0) is 17.2 Å². The quantitative estimate of drug-likeness (QED) is 0.423. The summed E-state index contributed by atoms with van der Waals surface area (Å²) in [7, 11) is 0. The van der Waals surface area contributed by atoms with Crippen LogP contribution in [0, 0.1) is 0 Å². The minimum Gasteiger partial charge on any atom is -0.272 e. The van der Waals surface area contributed by atoms with Gasteiger partial charge in [-0.2, -0.15) is 5.10 Å². The number of thioether (sulfide) groups is 1. The normalized spacial score (nSPS) is 11.0. The summed E-state index contributed by atoms with van der Waals surface area (Å²) in [6, 6.07) is 22.1. The van der Waals surface area contributed by atoms with E-state index in [1.807, 2.05) is 66.7 Å². The molecule has 0 atom stereocenters. The lowest BCUT2D eigenvalue weighted by Gasteiger charge is -2.01. The van der Waals surface area contributed by atoms with E-state index >= 15 is 0 Å². The number of nitrogens with one attached hydrogen (secondary N) is 1. The monoisotopic (exact) mass is 400 g/mol. The SMILES string of the molecule is O=C(CSCc1ccccc1)N/N=C\c1cc(-c2ccccc2)sc1Cl. The van der Waals surface area contributed by atoms with Gasteiger partial charge in [0.05, 0.1) is 12.0 Å². The molecule has 132 valence electrons. The molecule has 1 heterocycles. The van der Waals surface area contributed by atoms with Crippen LogP contribution in [0.25, 0.3) is 10.4 Å². The Labute approximate surface area is 166 Å². The van der Waals surface area contributed by atoms with Gasteiger partial charge in [-0.25, -0.2) is 5.43 Å². The standard InChI is InChI=1S/C20H17ClN2OS2/c21-20-17(11-18(26-20)16-9-5-2-6-10-16)12-22-23-19(24)14-25-13-15-7-3-1-4-8-15/h1-12H,13-14H2,(H,23,24)/b22-12-. The Balaban J connectivity index is 1.49. The van der Waals surface area contributed by atoms with Crippen molar-refractivity contribution >= 4 is 46.8 Å². The zero-order valence-electron chi connectivity index (χ0n) is 13.9. The third kappa shape index (κ3) is 5.46. The summed E-state index contributed by atoms with van der Waals surface area (Å²) in [4.78, 5) is 12.9. The highest BCUT2D eigenvalue weighted by Crippen LogP contribution is 2.33. The molecule has 0 radical (unpaired) electrons. The Kier molecular flexibility index (Phi) is 6.89. The number of thiophene rings is 1. The van der Waals surface area contributed by atoms with Crippen molar-refractivity contribution in [3.05, 3.63) is 82.2 Å². The summed E-state index contributed by atoms with van der Waals surface area (Å²) in [5.74, 6) is 1.03. The molecule has 3 aromatic rings. The molecule has 2 aromatic carbocycles. The maximum absolute atomic E-state index is 11.9. The fourth-order valence-corrected chi connectivity index (χ4v) is 4.25. The van der Waals surface area contributed by atoms with E-state index in [-0.39, 0.29) is 5.91 Å². The first kappa shape index (κ1) is 18.7. The third-order valence-corrected chi connectivity index (χ3v) is 5.95. The van der Waals surface area contributed by atoms with Gasteiger partial charge in [0.2, 0.25) is 5.91 Å². The fraction of sp³-hybridized carbons (Fsp3) is 0.100. The molecule has 0 saturated carbocycles. The molecule has 1 amide bonds. The largest absolute Gasteiger partial charge is 0.272 e. The van der Waals surface area contributed by atoms with E-state index in [9.17, 15) is 4.79 Å². The topological polar surface area (TPSA) is 41.5 Å². The van der Waals surface area contributed by atoms with Gasteiger partial charge in [0.25, 0.3) is 0 Å². The molecule has 0 aliphatic heterocycles. The van der Waals surface area contributed by atoms with Crippen LogP contribution in [0.5, 0.6) is 0 Å². The highest BCUT2D eigenvalue weighted by molar-refractivity contribution is 7.99. The van der Waals surface area contributed by atoms with Gasteiger partial charge in [-0.3, -0.25) is 4.79 Å². The Bertz CT molecular complexity index is 879. The maximum Gasteiger partial charge on any atom is 0.250 e. The molecular weight excluding hydrogens is 384 g/mol. The van der Waals surface area contributed by atoms with Gasteiger partial charge < -0.3 is 0 Å². The van der Waals surface area contributed by atoms with E-state index in [0.29, 0.717) is 10.1 Å². The minimum atomic E-state index is -0.128. The van der Waals surface area contributed by atoms with Crippen LogP contribution in [-0.2, 0) is 10.5 Å². The molecule has 6 heteroatoms. The first-order valence-electron chi connectivity index (χ1n) is 8.01. The molecule has 1 N–H and O–H groups in total. The van der Waals surface area contributed by atoms with Crippen molar-refractivity contribution in [3.63, 3.8) is 0 Å². The molecule has 0 aliphatic rings. The van der Waals surface area contributed by atoms with Crippen molar-refractivity contribution in [1.29, 1.82) is 0 Å². The molecule has 26 heavy (non-hydrogen) atoms.